The van der Waals surface area contributed by atoms with Gasteiger partial charge in [-0.2, -0.15) is 0 Å². The standard InChI is InChI=1S/C18H20N2.C3H8/c1-5-12-10-11-15-17(16(12)18(2,3)4)20-14-9-7-6-8-13(14)19-15;1-3-2/h6-11H,5H2,1-4H3;3H2,1-2H3. The van der Waals surface area contributed by atoms with Crippen molar-refractivity contribution < 1.29 is 0 Å². The van der Waals surface area contributed by atoms with Crippen LogP contribution in [0, 0.1) is 0 Å². The van der Waals surface area contributed by atoms with Crippen molar-refractivity contribution in [1.29, 1.82) is 0 Å². The predicted octanol–water partition coefficient (Wildman–Crippen LogP) is 6.06. The first-order valence-corrected chi connectivity index (χ1v) is 8.61. The highest BCUT2D eigenvalue weighted by molar-refractivity contribution is 5.89. The first kappa shape index (κ1) is 17.4. The van der Waals surface area contributed by atoms with E-state index in [2.05, 4.69) is 53.7 Å². The zero-order chi connectivity index (χ0) is 17.0. The van der Waals surface area contributed by atoms with E-state index in [-0.39, 0.29) is 5.41 Å². The molecule has 0 atom stereocenters. The molecule has 2 nitrogen and oxygen atoms in total. The SMILES string of the molecule is CCC.CCc1ccc2nc3ccccc3nc2c1C(C)(C)C. The fourth-order valence-corrected chi connectivity index (χ4v) is 2.86. The molecular weight excluding hydrogens is 280 g/mol. The maximum atomic E-state index is 4.89. The second kappa shape index (κ2) is 7.08. The Balaban J connectivity index is 0.000000595. The summed E-state index contributed by atoms with van der Waals surface area (Å²) in [5, 5.41) is 0. The van der Waals surface area contributed by atoms with Crippen molar-refractivity contribution in [3.63, 3.8) is 0 Å². The Kier molecular flexibility index (Phi) is 5.35. The second-order valence-corrected chi connectivity index (χ2v) is 6.99. The molecule has 1 aromatic heterocycles. The van der Waals surface area contributed by atoms with E-state index in [1.807, 2.05) is 24.3 Å². The molecule has 0 fully saturated rings. The van der Waals surface area contributed by atoms with Crippen molar-refractivity contribution in [2.75, 3.05) is 0 Å². The van der Waals surface area contributed by atoms with E-state index in [0.717, 1.165) is 28.5 Å². The van der Waals surface area contributed by atoms with Crippen LogP contribution in [0.25, 0.3) is 22.1 Å². The van der Waals surface area contributed by atoms with Crippen molar-refractivity contribution in [1.82, 2.24) is 9.97 Å². The maximum Gasteiger partial charge on any atom is 0.0934 e. The van der Waals surface area contributed by atoms with E-state index < -0.39 is 0 Å². The van der Waals surface area contributed by atoms with Gasteiger partial charge in [0.15, 0.2) is 0 Å². The Hall–Kier alpha value is -1.96. The summed E-state index contributed by atoms with van der Waals surface area (Å²) in [6, 6.07) is 12.4. The van der Waals surface area contributed by atoms with Crippen LogP contribution in [-0.2, 0) is 11.8 Å². The Morgan fingerprint density at radius 3 is 1.87 bits per heavy atom. The lowest BCUT2D eigenvalue weighted by molar-refractivity contribution is 0.588. The molecule has 2 aromatic carbocycles. The molecule has 0 unspecified atom stereocenters. The molecule has 0 aliphatic rings. The van der Waals surface area contributed by atoms with Crippen LogP contribution in [0.15, 0.2) is 36.4 Å². The highest BCUT2D eigenvalue weighted by Crippen LogP contribution is 2.32. The topological polar surface area (TPSA) is 25.8 Å². The number of hydrogen-bond acceptors (Lipinski definition) is 2. The van der Waals surface area contributed by atoms with E-state index in [4.69, 9.17) is 9.97 Å². The Morgan fingerprint density at radius 2 is 1.35 bits per heavy atom. The Labute approximate surface area is 140 Å². The van der Waals surface area contributed by atoms with Crippen molar-refractivity contribution in [2.24, 2.45) is 0 Å². The number of fused-ring (bicyclic) bond motifs is 2. The summed E-state index contributed by atoms with van der Waals surface area (Å²) in [5.41, 5.74) is 6.75. The van der Waals surface area contributed by atoms with Crippen LogP contribution in [0.4, 0.5) is 0 Å². The van der Waals surface area contributed by atoms with Gasteiger partial charge in [-0.05, 0) is 41.2 Å². The molecule has 2 heteroatoms. The van der Waals surface area contributed by atoms with Gasteiger partial charge in [-0.15, -0.1) is 0 Å². The van der Waals surface area contributed by atoms with Gasteiger partial charge in [-0.3, -0.25) is 0 Å². The van der Waals surface area contributed by atoms with Crippen molar-refractivity contribution in [3.05, 3.63) is 47.5 Å². The Morgan fingerprint density at radius 1 is 0.783 bits per heavy atom. The summed E-state index contributed by atoms with van der Waals surface area (Å²) in [4.78, 5) is 9.65. The fourth-order valence-electron chi connectivity index (χ4n) is 2.86. The predicted molar refractivity (Wildman–Crippen MR) is 101 cm³/mol. The molecule has 1 heterocycles. The zero-order valence-corrected chi connectivity index (χ0v) is 15.3. The minimum Gasteiger partial charge on any atom is -0.244 e. The summed E-state index contributed by atoms with van der Waals surface area (Å²) < 4.78 is 0. The van der Waals surface area contributed by atoms with Crippen LogP contribution in [-0.4, -0.2) is 9.97 Å². The second-order valence-electron chi connectivity index (χ2n) is 6.99. The number of nitrogens with zero attached hydrogens (tertiary/aromatic N) is 2. The number of aryl methyl sites for hydroxylation is 1. The van der Waals surface area contributed by atoms with E-state index in [0.29, 0.717) is 0 Å². The number of aromatic nitrogens is 2. The minimum absolute atomic E-state index is 0.0714. The first-order chi connectivity index (χ1) is 10.9. The number of benzene rings is 2. The van der Waals surface area contributed by atoms with Crippen molar-refractivity contribution in [3.8, 4) is 0 Å². The van der Waals surface area contributed by atoms with Gasteiger partial charge in [0, 0.05) is 0 Å². The monoisotopic (exact) mass is 308 g/mol. The largest absolute Gasteiger partial charge is 0.244 e. The lowest BCUT2D eigenvalue weighted by Gasteiger charge is -2.24. The third-order valence-corrected chi connectivity index (χ3v) is 3.73. The van der Waals surface area contributed by atoms with Gasteiger partial charge < -0.3 is 0 Å². The molecule has 0 radical (unpaired) electrons. The highest BCUT2D eigenvalue weighted by Gasteiger charge is 2.22. The molecule has 23 heavy (non-hydrogen) atoms. The molecule has 0 N–H and O–H groups in total. The number of hydrogen-bond donors (Lipinski definition) is 0. The Bertz CT molecular complexity index is 798. The molecule has 0 aliphatic heterocycles. The third kappa shape index (κ3) is 3.69. The lowest BCUT2D eigenvalue weighted by Crippen LogP contribution is -2.15. The molecule has 0 saturated heterocycles. The van der Waals surface area contributed by atoms with E-state index in [1.165, 1.54) is 17.5 Å². The minimum atomic E-state index is 0.0714. The molecule has 122 valence electrons. The van der Waals surface area contributed by atoms with Crippen LogP contribution in [0.5, 0.6) is 0 Å². The molecule has 0 amide bonds. The van der Waals surface area contributed by atoms with E-state index in [9.17, 15) is 0 Å². The molecule has 0 saturated carbocycles. The zero-order valence-electron chi connectivity index (χ0n) is 15.3. The van der Waals surface area contributed by atoms with Crippen LogP contribution in [0.1, 0.15) is 59.1 Å². The van der Waals surface area contributed by atoms with Crippen LogP contribution in [0.2, 0.25) is 0 Å². The van der Waals surface area contributed by atoms with E-state index >= 15 is 0 Å². The average Bonchev–Trinajstić information content (AvgIpc) is 2.51. The van der Waals surface area contributed by atoms with Gasteiger partial charge in [0.25, 0.3) is 0 Å². The maximum absolute atomic E-state index is 4.89. The summed E-state index contributed by atoms with van der Waals surface area (Å²) >= 11 is 0. The number of rotatable bonds is 1. The van der Waals surface area contributed by atoms with Gasteiger partial charge in [0.05, 0.1) is 22.1 Å². The third-order valence-electron chi connectivity index (χ3n) is 3.73. The fraction of sp³-hybridized carbons (Fsp3) is 0.429. The molecule has 0 spiro atoms. The summed E-state index contributed by atoms with van der Waals surface area (Å²) in [6.45, 7) is 13.2. The normalized spacial score (nSPS) is 11.4. The van der Waals surface area contributed by atoms with Crippen molar-refractivity contribution in [2.45, 2.75) is 59.8 Å². The molecule has 3 aromatic rings. The van der Waals surface area contributed by atoms with Crippen molar-refractivity contribution >= 4 is 22.1 Å². The van der Waals surface area contributed by atoms with Gasteiger partial charge in [0.2, 0.25) is 0 Å². The lowest BCUT2D eigenvalue weighted by atomic mass is 9.82. The van der Waals surface area contributed by atoms with Gasteiger partial charge >= 0.3 is 0 Å². The summed E-state index contributed by atoms with van der Waals surface area (Å²) in [5.74, 6) is 0. The average molecular weight is 308 g/mol. The smallest absolute Gasteiger partial charge is 0.0934 e. The summed E-state index contributed by atoms with van der Waals surface area (Å²) in [7, 11) is 0. The van der Waals surface area contributed by atoms with Gasteiger partial charge in [-0.25, -0.2) is 9.97 Å². The molecule has 0 bridgehead atoms. The number of para-hydroxylation sites is 2. The van der Waals surface area contributed by atoms with Gasteiger partial charge in [0.1, 0.15) is 0 Å². The highest BCUT2D eigenvalue weighted by atomic mass is 14.8. The van der Waals surface area contributed by atoms with Crippen LogP contribution >= 0.6 is 0 Å². The molecule has 3 rings (SSSR count). The van der Waals surface area contributed by atoms with Crippen LogP contribution in [0.3, 0.4) is 0 Å². The van der Waals surface area contributed by atoms with Crippen LogP contribution < -0.4 is 0 Å². The van der Waals surface area contributed by atoms with E-state index in [1.54, 1.807) is 0 Å². The molecule has 0 aliphatic carbocycles. The summed E-state index contributed by atoms with van der Waals surface area (Å²) in [6.07, 6.45) is 2.27. The first-order valence-electron chi connectivity index (χ1n) is 8.61. The molecular formula is C21H28N2. The van der Waals surface area contributed by atoms with Gasteiger partial charge in [-0.1, -0.05) is 66.2 Å². The quantitative estimate of drug-likeness (QED) is 0.511.